The zero-order valence-corrected chi connectivity index (χ0v) is 12.6. The van der Waals surface area contributed by atoms with Crippen LogP contribution in [0.1, 0.15) is 31.9 Å². The van der Waals surface area contributed by atoms with Crippen molar-refractivity contribution in [2.45, 2.75) is 26.3 Å². The van der Waals surface area contributed by atoms with E-state index in [1.54, 1.807) is 7.11 Å². The van der Waals surface area contributed by atoms with E-state index in [0.29, 0.717) is 12.3 Å². The van der Waals surface area contributed by atoms with Crippen LogP contribution in [0.4, 0.5) is 0 Å². The Kier molecular flexibility index (Phi) is 5.01. The van der Waals surface area contributed by atoms with Crippen LogP contribution >= 0.6 is 0 Å². The lowest BCUT2D eigenvalue weighted by Crippen LogP contribution is -2.49. The van der Waals surface area contributed by atoms with Gasteiger partial charge in [0.15, 0.2) is 0 Å². The molecule has 1 atom stereocenters. The van der Waals surface area contributed by atoms with Crippen LogP contribution in [0.2, 0.25) is 0 Å². The Labute approximate surface area is 121 Å². The van der Waals surface area contributed by atoms with Crippen molar-refractivity contribution in [3.05, 3.63) is 29.8 Å². The first-order valence-electron chi connectivity index (χ1n) is 7.26. The Balaban J connectivity index is 2.24. The van der Waals surface area contributed by atoms with E-state index in [4.69, 9.17) is 4.74 Å². The topological polar surface area (TPSA) is 41.6 Å². The summed E-state index contributed by atoms with van der Waals surface area (Å²) < 4.78 is 5.44. The summed E-state index contributed by atoms with van der Waals surface area (Å²) in [5, 5.41) is 3.37. The fourth-order valence-electron chi connectivity index (χ4n) is 2.69. The summed E-state index contributed by atoms with van der Waals surface area (Å²) >= 11 is 0. The van der Waals surface area contributed by atoms with Crippen LogP contribution in [0.25, 0.3) is 0 Å². The van der Waals surface area contributed by atoms with E-state index in [0.717, 1.165) is 30.9 Å². The highest BCUT2D eigenvalue weighted by Crippen LogP contribution is 2.30. The third-order valence-corrected chi connectivity index (χ3v) is 3.64. The maximum atomic E-state index is 12.4. The number of ether oxygens (including phenoxy) is 1. The lowest BCUT2D eigenvalue weighted by Gasteiger charge is -2.37. The lowest BCUT2D eigenvalue weighted by atomic mass is 10.0. The van der Waals surface area contributed by atoms with Crippen LogP contribution in [0, 0.1) is 5.92 Å². The minimum Gasteiger partial charge on any atom is -0.496 e. The molecule has 1 fully saturated rings. The third-order valence-electron chi connectivity index (χ3n) is 3.64. The predicted octanol–water partition coefficient (Wildman–Crippen LogP) is 2.21. The van der Waals surface area contributed by atoms with Gasteiger partial charge in [0, 0.05) is 31.6 Å². The number of nitrogens with one attached hydrogen (secondary N) is 1. The van der Waals surface area contributed by atoms with Gasteiger partial charge >= 0.3 is 0 Å². The normalized spacial score (nSPS) is 19.2. The number of rotatable bonds is 4. The number of benzene rings is 1. The Hall–Kier alpha value is -1.55. The molecule has 4 heteroatoms. The third kappa shape index (κ3) is 3.31. The van der Waals surface area contributed by atoms with Crippen LogP contribution in [0.15, 0.2) is 24.3 Å². The van der Waals surface area contributed by atoms with Crippen molar-refractivity contribution in [1.29, 1.82) is 0 Å². The van der Waals surface area contributed by atoms with Gasteiger partial charge in [0.25, 0.3) is 0 Å². The molecule has 0 radical (unpaired) electrons. The molecule has 0 saturated carbocycles. The van der Waals surface area contributed by atoms with Crippen LogP contribution in [0.3, 0.4) is 0 Å². The average Bonchev–Trinajstić information content (AvgIpc) is 2.46. The highest BCUT2D eigenvalue weighted by Gasteiger charge is 2.29. The molecule has 1 N–H and O–H groups in total. The number of carbonyl (C=O) groups is 1. The minimum absolute atomic E-state index is 0.0612. The first-order valence-corrected chi connectivity index (χ1v) is 7.26. The van der Waals surface area contributed by atoms with Crippen molar-refractivity contribution >= 4 is 5.91 Å². The van der Waals surface area contributed by atoms with Gasteiger partial charge in [-0.1, -0.05) is 32.0 Å². The molecule has 20 heavy (non-hydrogen) atoms. The van der Waals surface area contributed by atoms with E-state index in [9.17, 15) is 4.79 Å². The Morgan fingerprint density at radius 3 is 2.90 bits per heavy atom. The van der Waals surface area contributed by atoms with Crippen molar-refractivity contribution in [3.8, 4) is 5.75 Å². The fraction of sp³-hybridized carbons (Fsp3) is 0.562. The van der Waals surface area contributed by atoms with Gasteiger partial charge in [-0.05, 0) is 12.0 Å². The second-order valence-electron chi connectivity index (χ2n) is 5.65. The summed E-state index contributed by atoms with van der Waals surface area (Å²) in [6.45, 7) is 6.56. The second-order valence-corrected chi connectivity index (χ2v) is 5.65. The number of para-hydroxylation sites is 1. The minimum atomic E-state index is 0.0612. The van der Waals surface area contributed by atoms with Crippen LogP contribution in [0.5, 0.6) is 5.75 Å². The molecule has 0 bridgehead atoms. The molecule has 2 rings (SSSR count). The smallest absolute Gasteiger partial charge is 0.223 e. The first kappa shape index (κ1) is 14.9. The number of nitrogens with zero attached hydrogens (tertiary/aromatic N) is 1. The van der Waals surface area contributed by atoms with E-state index >= 15 is 0 Å². The fourth-order valence-corrected chi connectivity index (χ4v) is 2.69. The molecule has 0 aliphatic carbocycles. The van der Waals surface area contributed by atoms with Gasteiger partial charge in [0.05, 0.1) is 13.2 Å². The van der Waals surface area contributed by atoms with E-state index in [2.05, 4.69) is 19.2 Å². The number of methoxy groups -OCH3 is 1. The summed E-state index contributed by atoms with van der Waals surface area (Å²) in [5.41, 5.74) is 1.08. The van der Waals surface area contributed by atoms with Gasteiger partial charge in [-0.25, -0.2) is 0 Å². The molecular formula is C16H24N2O2. The Morgan fingerprint density at radius 1 is 1.45 bits per heavy atom. The number of piperazine rings is 1. The van der Waals surface area contributed by atoms with E-state index in [1.165, 1.54) is 0 Å². The quantitative estimate of drug-likeness (QED) is 0.917. The van der Waals surface area contributed by atoms with Gasteiger partial charge in [0.1, 0.15) is 5.75 Å². The molecule has 4 nitrogen and oxygen atoms in total. The highest BCUT2D eigenvalue weighted by atomic mass is 16.5. The van der Waals surface area contributed by atoms with Gasteiger partial charge in [-0.15, -0.1) is 0 Å². The summed E-state index contributed by atoms with van der Waals surface area (Å²) in [4.78, 5) is 14.4. The van der Waals surface area contributed by atoms with Gasteiger partial charge in [-0.3, -0.25) is 4.79 Å². The zero-order chi connectivity index (χ0) is 14.5. The van der Waals surface area contributed by atoms with Crippen molar-refractivity contribution < 1.29 is 9.53 Å². The van der Waals surface area contributed by atoms with Crippen LogP contribution in [-0.4, -0.2) is 37.6 Å². The number of hydrogen-bond acceptors (Lipinski definition) is 3. The number of amides is 1. The zero-order valence-electron chi connectivity index (χ0n) is 12.6. The summed E-state index contributed by atoms with van der Waals surface area (Å²) in [5.74, 6) is 1.47. The molecule has 1 heterocycles. The standard InChI is InChI=1S/C16H24N2O2/c1-12(2)10-16(19)18-9-8-17-11-14(18)13-6-4-5-7-15(13)20-3/h4-7,12,14,17H,8-11H2,1-3H3. The number of carbonyl (C=O) groups excluding carboxylic acids is 1. The Morgan fingerprint density at radius 2 is 2.20 bits per heavy atom. The van der Waals surface area contributed by atoms with Crippen molar-refractivity contribution in [2.75, 3.05) is 26.7 Å². The molecule has 1 aliphatic rings. The molecular weight excluding hydrogens is 252 g/mol. The second kappa shape index (κ2) is 6.75. The van der Waals surface area contributed by atoms with Crippen molar-refractivity contribution in [3.63, 3.8) is 0 Å². The molecule has 1 saturated heterocycles. The van der Waals surface area contributed by atoms with E-state index < -0.39 is 0 Å². The molecule has 110 valence electrons. The molecule has 1 aromatic carbocycles. The van der Waals surface area contributed by atoms with E-state index in [1.807, 2.05) is 29.2 Å². The largest absolute Gasteiger partial charge is 0.496 e. The molecule has 0 spiro atoms. The average molecular weight is 276 g/mol. The Bertz CT molecular complexity index is 460. The van der Waals surface area contributed by atoms with Crippen molar-refractivity contribution in [1.82, 2.24) is 10.2 Å². The predicted molar refractivity (Wildman–Crippen MR) is 79.8 cm³/mol. The number of hydrogen-bond donors (Lipinski definition) is 1. The highest BCUT2D eigenvalue weighted by molar-refractivity contribution is 5.77. The summed E-state index contributed by atoms with van der Waals surface area (Å²) in [7, 11) is 1.68. The molecule has 1 amide bonds. The van der Waals surface area contributed by atoms with Gasteiger partial charge in [-0.2, -0.15) is 0 Å². The van der Waals surface area contributed by atoms with Crippen LogP contribution < -0.4 is 10.1 Å². The molecule has 0 aromatic heterocycles. The SMILES string of the molecule is COc1ccccc1C1CNCCN1C(=O)CC(C)C. The monoisotopic (exact) mass is 276 g/mol. The maximum absolute atomic E-state index is 12.4. The summed E-state index contributed by atoms with van der Waals surface area (Å²) in [6, 6.07) is 8.02. The van der Waals surface area contributed by atoms with Gasteiger partial charge in [0.2, 0.25) is 5.91 Å². The van der Waals surface area contributed by atoms with E-state index in [-0.39, 0.29) is 11.9 Å². The van der Waals surface area contributed by atoms with Gasteiger partial charge < -0.3 is 15.0 Å². The van der Waals surface area contributed by atoms with Crippen LogP contribution in [-0.2, 0) is 4.79 Å². The molecule has 1 aliphatic heterocycles. The lowest BCUT2D eigenvalue weighted by molar-refractivity contribution is -0.135. The first-order chi connectivity index (χ1) is 9.63. The summed E-state index contributed by atoms with van der Waals surface area (Å²) in [6.07, 6.45) is 0.603. The molecule has 1 unspecified atom stereocenters. The molecule has 1 aromatic rings. The van der Waals surface area contributed by atoms with Crippen molar-refractivity contribution in [2.24, 2.45) is 5.92 Å². The maximum Gasteiger partial charge on any atom is 0.223 e.